The van der Waals surface area contributed by atoms with Gasteiger partial charge in [0.15, 0.2) is 0 Å². The van der Waals surface area contributed by atoms with Crippen LogP contribution in [0.5, 0.6) is 0 Å². The minimum atomic E-state index is -0.290. The molecular weight excluding hydrogens is 423 g/mol. The predicted molar refractivity (Wildman–Crippen MR) is 133 cm³/mol. The number of nitrogens with one attached hydrogen (secondary N) is 1. The average Bonchev–Trinajstić information content (AvgIpc) is 3.20. The average molecular weight is 451 g/mol. The topological polar surface area (TPSA) is 107 Å². The number of hydrogen-bond donors (Lipinski definition) is 3. The van der Waals surface area contributed by atoms with E-state index in [1.165, 1.54) is 23.2 Å². The Morgan fingerprint density at radius 2 is 1.81 bits per heavy atom. The second kappa shape index (κ2) is 9.82. The Bertz CT molecular complexity index is 1250. The summed E-state index contributed by atoms with van der Waals surface area (Å²) in [6.45, 7) is 4.07. The molecule has 0 spiro atoms. The highest BCUT2D eigenvalue weighted by molar-refractivity contribution is 7.98. The van der Waals surface area contributed by atoms with Crippen molar-refractivity contribution >= 4 is 40.3 Å². The molecule has 32 heavy (non-hydrogen) atoms. The summed E-state index contributed by atoms with van der Waals surface area (Å²) < 4.78 is 15.1. The lowest BCUT2D eigenvalue weighted by molar-refractivity contribution is 0.628. The van der Waals surface area contributed by atoms with Crippen LogP contribution in [-0.2, 0) is 7.05 Å². The van der Waals surface area contributed by atoms with Crippen LogP contribution < -0.4 is 11.5 Å². The third kappa shape index (κ3) is 4.91. The van der Waals surface area contributed by atoms with Gasteiger partial charge in [-0.3, -0.25) is 4.68 Å². The molecule has 0 fully saturated rings. The van der Waals surface area contributed by atoms with Crippen molar-refractivity contribution in [2.45, 2.75) is 24.7 Å². The second-order valence-corrected chi connectivity index (χ2v) is 8.52. The standard InChI is InChI=1S/C19H19FN4.C5H8N2S/c1-10(2)18-17(11-3-5-13(20)6-4-11)14-7-12(9-21)16(22)8-15(14)19(23)24-18;1-7-4-5(8-2)3-6-7/h3-10,21H,22H2,1-2H3,(H2,23,24);3-4H,1-2H3. The summed E-state index contributed by atoms with van der Waals surface area (Å²) >= 11 is 1.71. The third-order valence-electron chi connectivity index (χ3n) is 5.02. The predicted octanol–water partition coefficient (Wildman–Crippen LogP) is 5.47. The molecule has 4 rings (SSSR count). The number of halogens is 1. The van der Waals surface area contributed by atoms with E-state index in [1.807, 2.05) is 45.6 Å². The number of thioether (sulfide) groups is 1. The van der Waals surface area contributed by atoms with Gasteiger partial charge in [-0.25, -0.2) is 9.37 Å². The van der Waals surface area contributed by atoms with Crippen molar-refractivity contribution in [1.82, 2.24) is 14.8 Å². The second-order valence-electron chi connectivity index (χ2n) is 7.64. The molecule has 0 saturated carbocycles. The van der Waals surface area contributed by atoms with E-state index in [-0.39, 0.29) is 11.7 Å². The van der Waals surface area contributed by atoms with Gasteiger partial charge in [-0.1, -0.05) is 26.0 Å². The van der Waals surface area contributed by atoms with Gasteiger partial charge in [0.25, 0.3) is 0 Å². The summed E-state index contributed by atoms with van der Waals surface area (Å²) in [7, 11) is 1.92. The lowest BCUT2D eigenvalue weighted by atomic mass is 9.91. The normalized spacial score (nSPS) is 10.8. The number of nitrogens with zero attached hydrogens (tertiary/aromatic N) is 3. The Hall–Kier alpha value is -3.39. The van der Waals surface area contributed by atoms with E-state index in [4.69, 9.17) is 16.9 Å². The maximum Gasteiger partial charge on any atom is 0.131 e. The van der Waals surface area contributed by atoms with E-state index in [0.717, 1.165) is 27.6 Å². The summed E-state index contributed by atoms with van der Waals surface area (Å²) in [5.74, 6) is 0.252. The number of hydrogen-bond acceptors (Lipinski definition) is 6. The van der Waals surface area contributed by atoms with Crippen LogP contribution in [0, 0.1) is 11.2 Å². The third-order valence-corrected chi connectivity index (χ3v) is 5.70. The van der Waals surface area contributed by atoms with Gasteiger partial charge in [-0.15, -0.1) is 11.8 Å². The van der Waals surface area contributed by atoms with Crippen molar-refractivity contribution in [2.75, 3.05) is 17.7 Å². The first kappa shape index (κ1) is 23.3. The monoisotopic (exact) mass is 450 g/mol. The number of pyridine rings is 1. The Morgan fingerprint density at radius 1 is 1.12 bits per heavy atom. The van der Waals surface area contributed by atoms with Gasteiger partial charge in [-0.2, -0.15) is 5.10 Å². The zero-order valence-electron chi connectivity index (χ0n) is 18.6. The fourth-order valence-electron chi connectivity index (χ4n) is 3.40. The molecule has 0 aliphatic heterocycles. The van der Waals surface area contributed by atoms with Crippen LogP contribution in [0.2, 0.25) is 0 Å². The summed E-state index contributed by atoms with van der Waals surface area (Å²) in [6, 6.07) is 9.91. The minimum absolute atomic E-state index is 0.137. The van der Waals surface area contributed by atoms with Gasteiger partial charge < -0.3 is 16.9 Å². The number of nitrogen functional groups attached to an aromatic ring is 2. The molecule has 5 N–H and O–H groups in total. The highest BCUT2D eigenvalue weighted by Crippen LogP contribution is 2.38. The number of aryl methyl sites for hydroxylation is 1. The van der Waals surface area contributed by atoms with E-state index >= 15 is 0 Å². The number of anilines is 2. The van der Waals surface area contributed by atoms with E-state index in [2.05, 4.69) is 10.1 Å². The van der Waals surface area contributed by atoms with Gasteiger partial charge in [0.1, 0.15) is 11.6 Å². The van der Waals surface area contributed by atoms with E-state index in [0.29, 0.717) is 17.1 Å². The molecule has 8 heteroatoms. The molecule has 0 bridgehead atoms. The lowest BCUT2D eigenvalue weighted by Gasteiger charge is -2.18. The number of rotatable bonds is 4. The highest BCUT2D eigenvalue weighted by atomic mass is 32.2. The summed E-state index contributed by atoms with van der Waals surface area (Å²) in [4.78, 5) is 5.78. The minimum Gasteiger partial charge on any atom is -0.398 e. The summed E-state index contributed by atoms with van der Waals surface area (Å²) in [6.07, 6.45) is 7.10. The lowest BCUT2D eigenvalue weighted by Crippen LogP contribution is -2.04. The quantitative estimate of drug-likeness (QED) is 0.217. The Balaban J connectivity index is 0.000000305. The molecule has 0 amide bonds. The molecular formula is C24H27FN6S. The van der Waals surface area contributed by atoms with Gasteiger partial charge >= 0.3 is 0 Å². The molecule has 0 radical (unpaired) electrons. The zero-order chi connectivity index (χ0) is 23.4. The molecule has 0 atom stereocenters. The molecule has 0 aliphatic rings. The molecule has 2 aromatic heterocycles. The van der Waals surface area contributed by atoms with Crippen LogP contribution in [-0.4, -0.2) is 27.2 Å². The maximum atomic E-state index is 13.3. The first-order valence-electron chi connectivity index (χ1n) is 10.1. The largest absolute Gasteiger partial charge is 0.398 e. The van der Waals surface area contributed by atoms with Gasteiger partial charge in [0.2, 0.25) is 0 Å². The number of aromatic nitrogens is 3. The van der Waals surface area contributed by atoms with Crippen LogP contribution in [0.1, 0.15) is 31.0 Å². The first-order chi connectivity index (χ1) is 15.2. The molecule has 166 valence electrons. The van der Waals surface area contributed by atoms with Gasteiger partial charge in [0, 0.05) is 46.6 Å². The van der Waals surface area contributed by atoms with Crippen molar-refractivity contribution < 1.29 is 4.39 Å². The van der Waals surface area contributed by atoms with Gasteiger partial charge in [-0.05, 0) is 47.4 Å². The first-order valence-corrected chi connectivity index (χ1v) is 11.3. The fourth-order valence-corrected chi connectivity index (χ4v) is 3.81. The Labute approximate surface area is 191 Å². The Morgan fingerprint density at radius 3 is 2.31 bits per heavy atom. The number of nitrogens with two attached hydrogens (primary N) is 2. The maximum absolute atomic E-state index is 13.3. The molecule has 4 aromatic rings. The molecule has 2 aromatic carbocycles. The number of benzene rings is 2. The van der Waals surface area contributed by atoms with E-state index < -0.39 is 0 Å². The van der Waals surface area contributed by atoms with Crippen LogP contribution >= 0.6 is 11.8 Å². The van der Waals surface area contributed by atoms with Crippen molar-refractivity contribution in [3.8, 4) is 11.1 Å². The summed E-state index contributed by atoms with van der Waals surface area (Å²) in [5.41, 5.74) is 15.8. The summed E-state index contributed by atoms with van der Waals surface area (Å²) in [5, 5.41) is 13.1. The molecule has 0 saturated heterocycles. The van der Waals surface area contributed by atoms with Crippen molar-refractivity contribution in [1.29, 1.82) is 5.41 Å². The van der Waals surface area contributed by atoms with Crippen LogP contribution in [0.3, 0.4) is 0 Å². The number of fused-ring (bicyclic) bond motifs is 1. The van der Waals surface area contributed by atoms with Crippen molar-refractivity contribution in [3.63, 3.8) is 0 Å². The Kier molecular flexibility index (Phi) is 7.15. The van der Waals surface area contributed by atoms with Crippen molar-refractivity contribution in [2.24, 2.45) is 7.05 Å². The van der Waals surface area contributed by atoms with Crippen LogP contribution in [0.15, 0.2) is 53.7 Å². The zero-order valence-corrected chi connectivity index (χ0v) is 19.4. The van der Waals surface area contributed by atoms with E-state index in [1.54, 1.807) is 34.6 Å². The molecule has 0 aliphatic carbocycles. The van der Waals surface area contributed by atoms with Crippen LogP contribution in [0.4, 0.5) is 15.9 Å². The SMILES string of the molecule is CC(C)c1nc(N)c2cc(N)c(C=N)cc2c1-c1ccc(F)cc1.CSc1cnn(C)c1. The highest BCUT2D eigenvalue weighted by Gasteiger charge is 2.18. The molecule has 2 heterocycles. The van der Waals surface area contributed by atoms with Crippen molar-refractivity contribution in [3.05, 3.63) is 65.9 Å². The van der Waals surface area contributed by atoms with E-state index in [9.17, 15) is 4.39 Å². The fraction of sp³-hybridized carbons (Fsp3) is 0.208. The smallest absolute Gasteiger partial charge is 0.131 e. The molecule has 6 nitrogen and oxygen atoms in total. The van der Waals surface area contributed by atoms with Crippen LogP contribution in [0.25, 0.3) is 21.9 Å². The molecule has 0 unspecified atom stereocenters. The van der Waals surface area contributed by atoms with Gasteiger partial charge in [0.05, 0.1) is 11.9 Å².